The Morgan fingerprint density at radius 1 is 1.44 bits per heavy atom. The lowest BCUT2D eigenvalue weighted by Crippen LogP contribution is -2.16. The number of methoxy groups -OCH3 is 1. The molecule has 0 aromatic heterocycles. The molecule has 0 heterocycles. The van der Waals surface area contributed by atoms with E-state index in [9.17, 15) is 4.79 Å². The average molecular weight is 224 g/mol. The van der Waals surface area contributed by atoms with Crippen LogP contribution < -0.4 is 5.32 Å². The van der Waals surface area contributed by atoms with Gasteiger partial charge in [0.2, 0.25) is 0 Å². The van der Waals surface area contributed by atoms with Gasteiger partial charge in [0, 0.05) is 6.54 Å². The average Bonchev–Trinajstić information content (AvgIpc) is 2.32. The monoisotopic (exact) mass is 224 g/mol. The zero-order valence-corrected chi connectivity index (χ0v) is 10.1. The second-order valence-electron chi connectivity index (χ2n) is 3.49. The zero-order valence-electron chi connectivity index (χ0n) is 10.1. The number of hydrogen-bond acceptors (Lipinski definition) is 4. The lowest BCUT2D eigenvalue weighted by molar-refractivity contribution is -0.135. The van der Waals surface area contributed by atoms with Gasteiger partial charge in [0.25, 0.3) is 0 Å². The minimum absolute atomic E-state index is 0.0589. The molecule has 4 heteroatoms. The number of carbonyl (C=O) groups is 1. The Morgan fingerprint density at radius 2 is 2.19 bits per heavy atom. The van der Waals surface area contributed by atoms with E-state index in [1.54, 1.807) is 6.08 Å². The van der Waals surface area contributed by atoms with E-state index < -0.39 is 5.97 Å². The first-order valence-electron chi connectivity index (χ1n) is 5.65. The van der Waals surface area contributed by atoms with Gasteiger partial charge in [-0.1, -0.05) is 26.2 Å². The van der Waals surface area contributed by atoms with E-state index in [-0.39, 0.29) is 5.57 Å². The SMILES string of the molecule is CCCCCCNCC=C(C#N)C(=O)OC. The van der Waals surface area contributed by atoms with Crippen molar-refractivity contribution in [3.63, 3.8) is 0 Å². The molecular formula is C12H20N2O2. The van der Waals surface area contributed by atoms with Crippen molar-refractivity contribution in [3.05, 3.63) is 11.6 Å². The molecule has 0 atom stereocenters. The molecule has 0 rings (SSSR count). The Morgan fingerprint density at radius 3 is 2.75 bits per heavy atom. The maximum atomic E-state index is 11.0. The highest BCUT2D eigenvalue weighted by Crippen LogP contribution is 1.97. The molecule has 0 bridgehead atoms. The van der Waals surface area contributed by atoms with Crippen LogP contribution in [0.3, 0.4) is 0 Å². The summed E-state index contributed by atoms with van der Waals surface area (Å²) in [6.45, 7) is 3.62. The number of nitriles is 1. The van der Waals surface area contributed by atoms with E-state index in [1.807, 2.05) is 6.07 Å². The van der Waals surface area contributed by atoms with Gasteiger partial charge in [0.1, 0.15) is 11.6 Å². The van der Waals surface area contributed by atoms with Crippen molar-refractivity contribution in [2.75, 3.05) is 20.2 Å². The summed E-state index contributed by atoms with van der Waals surface area (Å²) in [5, 5.41) is 11.8. The highest BCUT2D eigenvalue weighted by molar-refractivity contribution is 5.92. The van der Waals surface area contributed by atoms with Gasteiger partial charge in [0.15, 0.2) is 0 Å². The molecule has 4 nitrogen and oxygen atoms in total. The fourth-order valence-electron chi connectivity index (χ4n) is 1.24. The Balaban J connectivity index is 3.65. The van der Waals surface area contributed by atoms with Crippen molar-refractivity contribution >= 4 is 5.97 Å². The van der Waals surface area contributed by atoms with Crippen LogP contribution in [-0.4, -0.2) is 26.2 Å². The third-order valence-electron chi connectivity index (χ3n) is 2.18. The fraction of sp³-hybridized carbons (Fsp3) is 0.667. The summed E-state index contributed by atoms with van der Waals surface area (Å²) in [4.78, 5) is 11.0. The summed E-state index contributed by atoms with van der Waals surface area (Å²) in [5.74, 6) is -0.574. The van der Waals surface area contributed by atoms with E-state index in [0.717, 1.165) is 13.0 Å². The van der Waals surface area contributed by atoms with Crippen LogP contribution in [-0.2, 0) is 9.53 Å². The first kappa shape index (κ1) is 14.7. The van der Waals surface area contributed by atoms with Crippen LogP contribution in [0.4, 0.5) is 0 Å². The lowest BCUT2D eigenvalue weighted by Gasteiger charge is -2.01. The third-order valence-corrected chi connectivity index (χ3v) is 2.18. The lowest BCUT2D eigenvalue weighted by atomic mass is 10.2. The van der Waals surface area contributed by atoms with Gasteiger partial charge in [0.05, 0.1) is 7.11 Å². The van der Waals surface area contributed by atoms with Crippen LogP contribution in [0, 0.1) is 11.3 Å². The predicted octanol–water partition coefficient (Wildman–Crippen LogP) is 1.78. The highest BCUT2D eigenvalue weighted by Gasteiger charge is 2.06. The summed E-state index contributed by atoms with van der Waals surface area (Å²) in [6.07, 6.45) is 6.38. The molecule has 0 aliphatic rings. The zero-order chi connectivity index (χ0) is 12.2. The summed E-state index contributed by atoms with van der Waals surface area (Å²) >= 11 is 0. The number of ether oxygens (including phenoxy) is 1. The number of nitrogens with one attached hydrogen (secondary N) is 1. The molecule has 0 fully saturated rings. The summed E-state index contributed by atoms with van der Waals surface area (Å²) in [7, 11) is 1.27. The molecule has 1 N–H and O–H groups in total. The maximum absolute atomic E-state index is 11.0. The van der Waals surface area contributed by atoms with Gasteiger partial charge in [-0.25, -0.2) is 4.79 Å². The van der Waals surface area contributed by atoms with Crippen LogP contribution in [0.1, 0.15) is 32.6 Å². The van der Waals surface area contributed by atoms with Crippen LogP contribution in [0.5, 0.6) is 0 Å². The quantitative estimate of drug-likeness (QED) is 0.295. The Bertz CT molecular complexity index is 267. The Kier molecular flexibility index (Phi) is 9.33. The van der Waals surface area contributed by atoms with Crippen molar-refractivity contribution in [3.8, 4) is 6.07 Å². The van der Waals surface area contributed by atoms with Gasteiger partial charge in [-0.3, -0.25) is 0 Å². The van der Waals surface area contributed by atoms with E-state index in [1.165, 1.54) is 26.4 Å². The Labute approximate surface area is 97.3 Å². The van der Waals surface area contributed by atoms with Crippen molar-refractivity contribution in [2.24, 2.45) is 0 Å². The van der Waals surface area contributed by atoms with Crippen molar-refractivity contribution in [2.45, 2.75) is 32.6 Å². The Hall–Kier alpha value is -1.34. The topological polar surface area (TPSA) is 62.1 Å². The molecule has 0 saturated carbocycles. The van der Waals surface area contributed by atoms with Crippen molar-refractivity contribution in [1.29, 1.82) is 5.26 Å². The number of carbonyl (C=O) groups excluding carboxylic acids is 1. The van der Waals surface area contributed by atoms with E-state index in [4.69, 9.17) is 5.26 Å². The van der Waals surface area contributed by atoms with Gasteiger partial charge < -0.3 is 10.1 Å². The molecular weight excluding hydrogens is 204 g/mol. The van der Waals surface area contributed by atoms with E-state index in [2.05, 4.69) is 17.0 Å². The van der Waals surface area contributed by atoms with E-state index >= 15 is 0 Å². The molecule has 0 aromatic carbocycles. The smallest absolute Gasteiger partial charge is 0.348 e. The molecule has 90 valence electrons. The molecule has 0 aromatic rings. The fourth-order valence-corrected chi connectivity index (χ4v) is 1.24. The van der Waals surface area contributed by atoms with Crippen LogP contribution >= 0.6 is 0 Å². The van der Waals surface area contributed by atoms with Crippen LogP contribution in [0.25, 0.3) is 0 Å². The van der Waals surface area contributed by atoms with Crippen LogP contribution in [0.15, 0.2) is 11.6 Å². The number of esters is 1. The largest absolute Gasteiger partial charge is 0.465 e. The predicted molar refractivity (Wildman–Crippen MR) is 62.7 cm³/mol. The maximum Gasteiger partial charge on any atom is 0.348 e. The van der Waals surface area contributed by atoms with E-state index in [0.29, 0.717) is 6.54 Å². The second-order valence-corrected chi connectivity index (χ2v) is 3.49. The number of unbranched alkanes of at least 4 members (excludes halogenated alkanes) is 3. The molecule has 0 spiro atoms. The normalized spacial score (nSPS) is 10.9. The third kappa shape index (κ3) is 7.02. The van der Waals surface area contributed by atoms with Crippen LogP contribution in [0.2, 0.25) is 0 Å². The van der Waals surface area contributed by atoms with Crippen molar-refractivity contribution < 1.29 is 9.53 Å². The number of rotatable bonds is 8. The minimum Gasteiger partial charge on any atom is -0.465 e. The van der Waals surface area contributed by atoms with Gasteiger partial charge in [-0.2, -0.15) is 5.26 Å². The first-order valence-corrected chi connectivity index (χ1v) is 5.65. The minimum atomic E-state index is -0.574. The van der Waals surface area contributed by atoms with Gasteiger partial charge >= 0.3 is 5.97 Å². The number of nitrogens with zero attached hydrogens (tertiary/aromatic N) is 1. The molecule has 0 radical (unpaired) electrons. The van der Waals surface area contributed by atoms with Gasteiger partial charge in [-0.15, -0.1) is 0 Å². The molecule has 0 amide bonds. The molecule has 0 aliphatic heterocycles. The summed E-state index contributed by atoms with van der Waals surface area (Å²) < 4.78 is 4.46. The summed E-state index contributed by atoms with van der Waals surface area (Å²) in [6, 6.07) is 1.81. The molecule has 16 heavy (non-hydrogen) atoms. The highest BCUT2D eigenvalue weighted by atomic mass is 16.5. The molecule has 0 aliphatic carbocycles. The molecule has 0 unspecified atom stereocenters. The number of hydrogen-bond donors (Lipinski definition) is 1. The second kappa shape index (κ2) is 10.2. The van der Waals surface area contributed by atoms with Gasteiger partial charge in [-0.05, 0) is 19.0 Å². The summed E-state index contributed by atoms with van der Waals surface area (Å²) in [5.41, 5.74) is 0.0589. The molecule has 0 saturated heterocycles. The first-order chi connectivity index (χ1) is 7.76. The standard InChI is InChI=1S/C12H20N2O2/c1-3-4-5-6-8-14-9-7-11(10-13)12(15)16-2/h7,14H,3-6,8-9H2,1-2H3. The van der Waals surface area contributed by atoms with Crippen molar-refractivity contribution in [1.82, 2.24) is 5.32 Å².